The van der Waals surface area contributed by atoms with Crippen LogP contribution in [0.3, 0.4) is 0 Å². The van der Waals surface area contributed by atoms with Crippen LogP contribution < -0.4 is 5.32 Å². The molecule has 1 aromatic heterocycles. The molecule has 0 radical (unpaired) electrons. The molecule has 1 fully saturated rings. The van der Waals surface area contributed by atoms with Crippen molar-refractivity contribution in [2.75, 3.05) is 7.11 Å². The molecule has 1 atom stereocenters. The quantitative estimate of drug-likeness (QED) is 0.866. The molecular formula is C12H17ClN2O2S. The second-order valence-corrected chi connectivity index (χ2v) is 6.15. The third-order valence-electron chi connectivity index (χ3n) is 3.19. The van der Waals surface area contributed by atoms with Gasteiger partial charge >= 0.3 is 5.97 Å². The average Bonchev–Trinajstić information content (AvgIpc) is 2.83. The van der Waals surface area contributed by atoms with Crippen molar-refractivity contribution in [3.63, 3.8) is 0 Å². The Morgan fingerprint density at radius 1 is 1.56 bits per heavy atom. The number of methoxy groups -OCH3 is 1. The van der Waals surface area contributed by atoms with E-state index >= 15 is 0 Å². The summed E-state index contributed by atoms with van der Waals surface area (Å²) in [4.78, 5) is 16.0. The Balaban J connectivity index is 2.07. The Hall–Kier alpha value is -0.650. The molecule has 6 heteroatoms. The number of nitrogens with zero attached hydrogens (tertiary/aromatic N) is 1. The number of ether oxygens (including phenoxy) is 1. The maximum Gasteiger partial charge on any atom is 0.330 e. The van der Waals surface area contributed by atoms with Gasteiger partial charge in [-0.05, 0) is 12.8 Å². The maximum absolute atomic E-state index is 11.8. The molecule has 1 aromatic rings. The number of hydrogen-bond donors (Lipinski definition) is 1. The fourth-order valence-corrected chi connectivity index (χ4v) is 3.24. The highest BCUT2D eigenvalue weighted by atomic mass is 35.5. The Morgan fingerprint density at radius 3 is 2.83 bits per heavy atom. The highest BCUT2D eigenvalue weighted by Gasteiger charge is 2.28. The molecule has 4 nitrogen and oxygen atoms in total. The molecular weight excluding hydrogens is 272 g/mol. The van der Waals surface area contributed by atoms with E-state index in [0.717, 1.165) is 12.8 Å². The van der Waals surface area contributed by atoms with Crippen LogP contribution in [0, 0.1) is 0 Å². The highest BCUT2D eigenvalue weighted by Crippen LogP contribution is 2.27. The van der Waals surface area contributed by atoms with E-state index in [9.17, 15) is 4.79 Å². The lowest BCUT2D eigenvalue weighted by Gasteiger charge is -2.26. The number of rotatable bonds is 4. The van der Waals surface area contributed by atoms with Crippen LogP contribution in [0.25, 0.3) is 0 Å². The van der Waals surface area contributed by atoms with Crippen molar-refractivity contribution >= 4 is 28.9 Å². The fraction of sp³-hybridized carbons (Fsp3) is 0.667. The van der Waals surface area contributed by atoms with Crippen LogP contribution in [0.5, 0.6) is 0 Å². The van der Waals surface area contributed by atoms with Gasteiger partial charge in [-0.3, -0.25) is 5.32 Å². The lowest BCUT2D eigenvalue weighted by molar-refractivity contribution is -0.143. The second-order valence-electron chi connectivity index (χ2n) is 4.46. The first kappa shape index (κ1) is 13.8. The summed E-state index contributed by atoms with van der Waals surface area (Å²) in [5.41, 5.74) is 0. The van der Waals surface area contributed by atoms with Gasteiger partial charge in [-0.2, -0.15) is 0 Å². The Kier molecular flexibility index (Phi) is 4.97. The molecule has 1 heterocycles. The minimum Gasteiger partial charge on any atom is -0.468 e. The molecule has 18 heavy (non-hydrogen) atoms. The van der Waals surface area contributed by atoms with Crippen LogP contribution in [-0.2, 0) is 9.53 Å². The lowest BCUT2D eigenvalue weighted by atomic mass is 9.95. The third kappa shape index (κ3) is 3.43. The number of aromatic nitrogens is 1. The normalized spacial score (nSPS) is 18.6. The van der Waals surface area contributed by atoms with Crippen molar-refractivity contribution < 1.29 is 9.53 Å². The van der Waals surface area contributed by atoms with Gasteiger partial charge in [0.25, 0.3) is 0 Å². The van der Waals surface area contributed by atoms with Gasteiger partial charge in [-0.15, -0.1) is 11.3 Å². The minimum atomic E-state index is -0.490. The molecule has 0 aromatic carbocycles. The minimum absolute atomic E-state index is 0.299. The van der Waals surface area contributed by atoms with E-state index in [1.165, 1.54) is 37.7 Å². The van der Waals surface area contributed by atoms with Gasteiger partial charge in [-0.1, -0.05) is 30.9 Å². The summed E-state index contributed by atoms with van der Waals surface area (Å²) in [6.07, 6.45) is 7.48. The number of hydrogen-bond acceptors (Lipinski definition) is 5. The van der Waals surface area contributed by atoms with Crippen molar-refractivity contribution in [2.24, 2.45) is 0 Å². The van der Waals surface area contributed by atoms with E-state index in [4.69, 9.17) is 16.3 Å². The van der Waals surface area contributed by atoms with Crippen molar-refractivity contribution in [1.29, 1.82) is 0 Å². The van der Waals surface area contributed by atoms with Crippen molar-refractivity contribution in [3.05, 3.63) is 15.5 Å². The van der Waals surface area contributed by atoms with E-state index in [1.54, 1.807) is 6.20 Å². The van der Waals surface area contributed by atoms with Crippen LogP contribution in [0.15, 0.2) is 6.20 Å². The first-order valence-electron chi connectivity index (χ1n) is 6.16. The topological polar surface area (TPSA) is 51.2 Å². The maximum atomic E-state index is 11.8. The number of thiazole rings is 1. The molecule has 0 saturated heterocycles. The number of nitrogens with one attached hydrogen (secondary N) is 1. The summed E-state index contributed by atoms with van der Waals surface area (Å²) in [6, 6.07) is -0.124. The first-order chi connectivity index (χ1) is 8.70. The van der Waals surface area contributed by atoms with Gasteiger partial charge in [-0.25, -0.2) is 9.78 Å². The summed E-state index contributed by atoms with van der Waals surface area (Å²) in [5, 5.41) is 4.03. The van der Waals surface area contributed by atoms with Crippen molar-refractivity contribution in [2.45, 2.75) is 44.2 Å². The van der Waals surface area contributed by atoms with Gasteiger partial charge in [0.1, 0.15) is 9.34 Å². The van der Waals surface area contributed by atoms with Crippen LogP contribution >= 0.6 is 22.9 Å². The highest BCUT2D eigenvalue weighted by molar-refractivity contribution is 7.16. The van der Waals surface area contributed by atoms with E-state index < -0.39 is 6.04 Å². The van der Waals surface area contributed by atoms with Crippen LogP contribution in [0.1, 0.15) is 43.2 Å². The molecule has 1 unspecified atom stereocenters. The predicted molar refractivity (Wildman–Crippen MR) is 71.9 cm³/mol. The van der Waals surface area contributed by atoms with E-state index in [0.29, 0.717) is 15.4 Å². The zero-order chi connectivity index (χ0) is 13.0. The predicted octanol–water partition coefficient (Wildman–Crippen LogP) is 2.93. The lowest BCUT2D eigenvalue weighted by Crippen LogP contribution is -2.38. The van der Waals surface area contributed by atoms with Crippen molar-refractivity contribution in [1.82, 2.24) is 10.3 Å². The smallest absolute Gasteiger partial charge is 0.330 e. The molecule has 0 spiro atoms. The second kappa shape index (κ2) is 6.50. The number of carbonyl (C=O) groups excluding carboxylic acids is 1. The molecule has 100 valence electrons. The Labute approximate surface area is 116 Å². The standard InChI is InChI=1S/C12H17ClN2O2S/c1-17-12(16)10(11-14-7-9(13)18-11)15-8-5-3-2-4-6-8/h7-8,10,15H,2-6H2,1H3. The Bertz CT molecular complexity index is 405. The molecule has 0 amide bonds. The monoisotopic (exact) mass is 288 g/mol. The summed E-state index contributed by atoms with van der Waals surface area (Å²) >= 11 is 7.19. The first-order valence-corrected chi connectivity index (χ1v) is 7.35. The van der Waals surface area contributed by atoms with Gasteiger partial charge < -0.3 is 4.74 Å². The number of carbonyl (C=O) groups is 1. The molecule has 1 N–H and O–H groups in total. The largest absolute Gasteiger partial charge is 0.468 e. The van der Waals surface area contributed by atoms with Gasteiger partial charge in [0.15, 0.2) is 6.04 Å². The third-order valence-corrected chi connectivity index (χ3v) is 4.37. The van der Waals surface area contributed by atoms with Crippen molar-refractivity contribution in [3.8, 4) is 0 Å². The van der Waals surface area contributed by atoms with Gasteiger partial charge in [0.05, 0.1) is 13.3 Å². The zero-order valence-corrected chi connectivity index (χ0v) is 11.9. The number of halogens is 1. The van der Waals surface area contributed by atoms with Crippen LogP contribution in [0.4, 0.5) is 0 Å². The summed E-state index contributed by atoms with van der Waals surface area (Å²) in [5.74, 6) is -0.299. The van der Waals surface area contributed by atoms with E-state index in [2.05, 4.69) is 10.3 Å². The molecule has 2 rings (SSSR count). The molecule has 0 aliphatic heterocycles. The fourth-order valence-electron chi connectivity index (χ4n) is 2.26. The SMILES string of the molecule is COC(=O)C(NC1CCCCC1)c1ncc(Cl)s1. The summed E-state index contributed by atoms with van der Waals surface area (Å²) in [6.45, 7) is 0. The molecule has 1 aliphatic rings. The van der Waals surface area contributed by atoms with Crippen LogP contribution in [0.2, 0.25) is 4.34 Å². The number of esters is 1. The van der Waals surface area contributed by atoms with E-state index in [-0.39, 0.29) is 5.97 Å². The Morgan fingerprint density at radius 2 is 2.28 bits per heavy atom. The van der Waals surface area contributed by atoms with E-state index in [1.807, 2.05) is 0 Å². The summed E-state index contributed by atoms with van der Waals surface area (Å²) in [7, 11) is 1.40. The molecule has 1 aliphatic carbocycles. The van der Waals surface area contributed by atoms with Gasteiger partial charge in [0, 0.05) is 6.04 Å². The zero-order valence-electron chi connectivity index (χ0n) is 10.3. The summed E-state index contributed by atoms with van der Waals surface area (Å²) < 4.78 is 5.43. The molecule has 0 bridgehead atoms. The van der Waals surface area contributed by atoms with Gasteiger partial charge in [0.2, 0.25) is 0 Å². The van der Waals surface area contributed by atoms with Crippen LogP contribution in [-0.4, -0.2) is 24.1 Å². The molecule has 1 saturated carbocycles. The average molecular weight is 289 g/mol.